The monoisotopic (exact) mass is 365 g/mol. The molecule has 2 aliphatic rings. The Morgan fingerprint density at radius 3 is 2.63 bits per heavy atom. The average molecular weight is 365 g/mol. The second kappa shape index (κ2) is 7.48. The Kier molecular flexibility index (Phi) is 4.90. The van der Waals surface area contributed by atoms with Gasteiger partial charge in [0.15, 0.2) is 0 Å². The van der Waals surface area contributed by atoms with Gasteiger partial charge in [0.25, 0.3) is 5.91 Å². The van der Waals surface area contributed by atoms with Crippen LogP contribution in [0.15, 0.2) is 54.9 Å². The SMILES string of the molecule is O=C(CC1COC2(C1)CN(C(=O)c1ccccc1)C2)NCc1ccncc1. The van der Waals surface area contributed by atoms with Crippen molar-refractivity contribution in [3.63, 3.8) is 0 Å². The summed E-state index contributed by atoms with van der Waals surface area (Å²) in [6, 6.07) is 13.1. The van der Waals surface area contributed by atoms with E-state index in [1.807, 2.05) is 47.4 Å². The first-order valence-electron chi connectivity index (χ1n) is 9.27. The third-order valence-corrected chi connectivity index (χ3v) is 5.27. The zero-order valence-electron chi connectivity index (χ0n) is 15.1. The number of ether oxygens (including phenoxy) is 1. The minimum atomic E-state index is -0.263. The summed E-state index contributed by atoms with van der Waals surface area (Å²) >= 11 is 0. The molecule has 2 aliphatic heterocycles. The van der Waals surface area contributed by atoms with E-state index >= 15 is 0 Å². The molecule has 3 heterocycles. The molecule has 1 unspecified atom stereocenters. The van der Waals surface area contributed by atoms with Gasteiger partial charge in [0.05, 0.1) is 19.7 Å². The lowest BCUT2D eigenvalue weighted by molar-refractivity contribution is -0.122. The van der Waals surface area contributed by atoms with E-state index in [4.69, 9.17) is 4.74 Å². The molecule has 2 aromatic rings. The van der Waals surface area contributed by atoms with Crippen LogP contribution in [0, 0.1) is 5.92 Å². The topological polar surface area (TPSA) is 71.5 Å². The van der Waals surface area contributed by atoms with Crippen LogP contribution in [0.3, 0.4) is 0 Å². The fourth-order valence-electron chi connectivity index (χ4n) is 3.88. The van der Waals surface area contributed by atoms with E-state index in [1.165, 1.54) is 0 Å². The third-order valence-electron chi connectivity index (χ3n) is 5.27. The summed E-state index contributed by atoms with van der Waals surface area (Å²) in [6.45, 7) is 2.31. The molecule has 1 aromatic carbocycles. The van der Waals surface area contributed by atoms with E-state index < -0.39 is 0 Å². The molecule has 2 amide bonds. The largest absolute Gasteiger partial charge is 0.371 e. The number of nitrogens with one attached hydrogen (secondary N) is 1. The second-order valence-electron chi connectivity index (χ2n) is 7.43. The number of rotatable bonds is 5. The Balaban J connectivity index is 1.23. The predicted octanol–water partition coefficient (Wildman–Crippen LogP) is 2.02. The zero-order chi connectivity index (χ0) is 18.7. The molecule has 1 aromatic heterocycles. The third kappa shape index (κ3) is 4.01. The summed E-state index contributed by atoms with van der Waals surface area (Å²) in [4.78, 5) is 30.4. The molecule has 2 fully saturated rings. The van der Waals surface area contributed by atoms with Crippen molar-refractivity contribution in [2.24, 2.45) is 5.92 Å². The molecule has 2 saturated heterocycles. The Morgan fingerprint density at radius 1 is 1.15 bits per heavy atom. The number of likely N-dealkylation sites (tertiary alicyclic amines) is 1. The van der Waals surface area contributed by atoms with Crippen molar-refractivity contribution in [2.45, 2.75) is 25.0 Å². The lowest BCUT2D eigenvalue weighted by Gasteiger charge is -2.47. The standard InChI is InChI=1S/C21H23N3O3/c25-19(23-12-16-6-8-22-9-7-16)10-17-11-21(27-13-17)14-24(15-21)20(26)18-4-2-1-3-5-18/h1-9,17H,10-15H2,(H,23,25). The van der Waals surface area contributed by atoms with Gasteiger partial charge in [-0.15, -0.1) is 0 Å². The van der Waals surface area contributed by atoms with Gasteiger partial charge in [-0.05, 0) is 42.2 Å². The van der Waals surface area contributed by atoms with E-state index in [9.17, 15) is 9.59 Å². The highest BCUT2D eigenvalue weighted by Crippen LogP contribution is 2.39. The first-order valence-corrected chi connectivity index (χ1v) is 9.27. The van der Waals surface area contributed by atoms with E-state index in [1.54, 1.807) is 12.4 Å². The average Bonchev–Trinajstić information content (AvgIpc) is 3.10. The van der Waals surface area contributed by atoms with Gasteiger partial charge in [-0.25, -0.2) is 0 Å². The van der Waals surface area contributed by atoms with Crippen molar-refractivity contribution in [3.05, 3.63) is 66.0 Å². The highest BCUT2D eigenvalue weighted by molar-refractivity contribution is 5.94. The molecule has 1 spiro atoms. The molecule has 0 saturated carbocycles. The molecule has 140 valence electrons. The predicted molar refractivity (Wildman–Crippen MR) is 99.8 cm³/mol. The number of carbonyl (C=O) groups excluding carboxylic acids is 2. The van der Waals surface area contributed by atoms with E-state index in [2.05, 4.69) is 10.3 Å². The number of aromatic nitrogens is 1. The van der Waals surface area contributed by atoms with Crippen molar-refractivity contribution >= 4 is 11.8 Å². The minimum absolute atomic E-state index is 0.0361. The number of hydrogen-bond donors (Lipinski definition) is 1. The number of carbonyl (C=O) groups is 2. The number of amides is 2. The molecule has 0 radical (unpaired) electrons. The van der Waals surface area contributed by atoms with Crippen LogP contribution in [-0.4, -0.2) is 47.0 Å². The summed E-state index contributed by atoms with van der Waals surface area (Å²) in [5, 5.41) is 2.95. The van der Waals surface area contributed by atoms with Crippen LogP contribution in [0.1, 0.15) is 28.8 Å². The molecule has 4 rings (SSSR count). The molecule has 1 atom stereocenters. The molecular weight excluding hydrogens is 342 g/mol. The Hall–Kier alpha value is -2.73. The Morgan fingerprint density at radius 2 is 1.89 bits per heavy atom. The molecule has 0 aliphatic carbocycles. The summed E-state index contributed by atoms with van der Waals surface area (Å²) in [5.74, 6) is 0.286. The van der Waals surface area contributed by atoms with E-state index in [0.717, 1.165) is 12.0 Å². The van der Waals surface area contributed by atoms with Gasteiger partial charge >= 0.3 is 0 Å². The fraction of sp³-hybridized carbons (Fsp3) is 0.381. The highest BCUT2D eigenvalue weighted by atomic mass is 16.5. The van der Waals surface area contributed by atoms with Crippen LogP contribution in [0.4, 0.5) is 0 Å². The van der Waals surface area contributed by atoms with Gasteiger partial charge in [-0.3, -0.25) is 14.6 Å². The van der Waals surface area contributed by atoms with Crippen molar-refractivity contribution in [1.82, 2.24) is 15.2 Å². The van der Waals surface area contributed by atoms with Crippen molar-refractivity contribution in [1.29, 1.82) is 0 Å². The van der Waals surface area contributed by atoms with Crippen LogP contribution in [-0.2, 0) is 16.1 Å². The van der Waals surface area contributed by atoms with Gasteiger partial charge in [-0.2, -0.15) is 0 Å². The number of benzene rings is 1. The smallest absolute Gasteiger partial charge is 0.254 e. The number of pyridine rings is 1. The minimum Gasteiger partial charge on any atom is -0.371 e. The number of hydrogen-bond acceptors (Lipinski definition) is 4. The molecule has 6 heteroatoms. The van der Waals surface area contributed by atoms with Crippen molar-refractivity contribution in [3.8, 4) is 0 Å². The fourth-order valence-corrected chi connectivity index (χ4v) is 3.88. The van der Waals surface area contributed by atoms with Crippen molar-refractivity contribution < 1.29 is 14.3 Å². The maximum Gasteiger partial charge on any atom is 0.254 e. The normalized spacial score (nSPS) is 20.3. The summed E-state index contributed by atoms with van der Waals surface area (Å²) < 4.78 is 5.99. The van der Waals surface area contributed by atoms with Crippen LogP contribution in [0.5, 0.6) is 0 Å². The van der Waals surface area contributed by atoms with Crippen LogP contribution < -0.4 is 5.32 Å². The summed E-state index contributed by atoms with van der Waals surface area (Å²) in [7, 11) is 0. The highest BCUT2D eigenvalue weighted by Gasteiger charge is 2.51. The van der Waals surface area contributed by atoms with Crippen LogP contribution >= 0.6 is 0 Å². The Bertz CT molecular complexity index is 804. The van der Waals surface area contributed by atoms with E-state index in [0.29, 0.717) is 38.2 Å². The molecule has 6 nitrogen and oxygen atoms in total. The van der Waals surface area contributed by atoms with Gasteiger partial charge in [0.2, 0.25) is 5.91 Å². The van der Waals surface area contributed by atoms with Crippen LogP contribution in [0.25, 0.3) is 0 Å². The first-order chi connectivity index (χ1) is 13.1. The molecular formula is C21H23N3O3. The van der Waals surface area contributed by atoms with Gasteiger partial charge < -0.3 is 15.0 Å². The number of nitrogens with zero attached hydrogens (tertiary/aromatic N) is 2. The second-order valence-corrected chi connectivity index (χ2v) is 7.43. The van der Waals surface area contributed by atoms with Gasteiger partial charge in [0, 0.05) is 30.9 Å². The summed E-state index contributed by atoms with van der Waals surface area (Å²) in [6.07, 6.45) is 4.72. The van der Waals surface area contributed by atoms with E-state index in [-0.39, 0.29) is 23.3 Å². The lowest BCUT2D eigenvalue weighted by Crippen LogP contribution is -2.63. The lowest BCUT2D eigenvalue weighted by atomic mass is 9.85. The van der Waals surface area contributed by atoms with Crippen LogP contribution in [0.2, 0.25) is 0 Å². The van der Waals surface area contributed by atoms with Gasteiger partial charge in [0.1, 0.15) is 5.60 Å². The molecule has 27 heavy (non-hydrogen) atoms. The maximum atomic E-state index is 12.4. The molecule has 0 bridgehead atoms. The molecule has 1 N–H and O–H groups in total. The first kappa shape index (κ1) is 17.7. The summed E-state index contributed by atoms with van der Waals surface area (Å²) in [5.41, 5.74) is 1.48. The Labute approximate surface area is 158 Å². The zero-order valence-corrected chi connectivity index (χ0v) is 15.1. The van der Waals surface area contributed by atoms with Gasteiger partial charge in [-0.1, -0.05) is 18.2 Å². The van der Waals surface area contributed by atoms with Crippen molar-refractivity contribution in [2.75, 3.05) is 19.7 Å². The quantitative estimate of drug-likeness (QED) is 0.880. The maximum absolute atomic E-state index is 12.4.